The lowest BCUT2D eigenvalue weighted by Gasteiger charge is -2.06. The zero-order valence-electron chi connectivity index (χ0n) is 14.6. The molecule has 0 spiro atoms. The fraction of sp³-hybridized carbons (Fsp3) is 0. The van der Waals surface area contributed by atoms with E-state index in [4.69, 9.17) is 21.1 Å². The van der Waals surface area contributed by atoms with Crippen LogP contribution in [0.5, 0.6) is 11.5 Å². The summed E-state index contributed by atoms with van der Waals surface area (Å²) in [6.45, 7) is 0. The number of benzene rings is 3. The predicted molar refractivity (Wildman–Crippen MR) is 110 cm³/mol. The zero-order valence-corrected chi connectivity index (χ0v) is 17.0. The minimum atomic E-state index is -0.568. The van der Waals surface area contributed by atoms with Crippen LogP contribution in [0.3, 0.4) is 0 Å². The third kappa shape index (κ3) is 3.95. The second kappa shape index (κ2) is 7.81. The molecule has 0 amide bonds. The maximum Gasteiger partial charge on any atom is 0.343 e. The number of carbonyl (C=O) groups excluding carboxylic acids is 2. The number of hydrogen-bond donors (Lipinski definition) is 0. The second-order valence-corrected chi connectivity index (χ2v) is 7.45. The average Bonchev–Trinajstić information content (AvgIpc) is 3.00. The quantitative estimate of drug-likeness (QED) is 0.263. The van der Waals surface area contributed by atoms with Gasteiger partial charge in [0.25, 0.3) is 0 Å². The highest BCUT2D eigenvalue weighted by Crippen LogP contribution is 2.36. The van der Waals surface area contributed by atoms with Gasteiger partial charge in [-0.1, -0.05) is 33.6 Å². The molecule has 0 unspecified atom stereocenters. The molecule has 0 radical (unpaired) electrons. The number of ether oxygens (including phenoxy) is 2. The van der Waals surface area contributed by atoms with E-state index in [0.717, 1.165) is 4.47 Å². The SMILES string of the molecule is O=C(Oc1ccc2c(c1)O/C(=C\c1c(F)cccc1Cl)C2=O)c1ccc(Br)cc1. The Hall–Kier alpha value is -2.96. The van der Waals surface area contributed by atoms with Crippen molar-refractivity contribution in [1.29, 1.82) is 0 Å². The topological polar surface area (TPSA) is 52.6 Å². The molecule has 3 aromatic rings. The predicted octanol–water partition coefficient (Wildman–Crippen LogP) is 6.08. The zero-order chi connectivity index (χ0) is 20.5. The molecule has 4 rings (SSSR count). The maximum atomic E-state index is 14.0. The van der Waals surface area contributed by atoms with Gasteiger partial charge in [-0.25, -0.2) is 9.18 Å². The van der Waals surface area contributed by atoms with Gasteiger partial charge in [0.2, 0.25) is 5.78 Å². The standard InChI is InChI=1S/C22H11BrClFO4/c23-13-6-4-12(5-7-13)22(27)28-14-8-9-15-19(10-14)29-20(21(15)26)11-16-17(24)2-1-3-18(16)25/h1-11H/b20-11-. The maximum absolute atomic E-state index is 14.0. The summed E-state index contributed by atoms with van der Waals surface area (Å²) in [6, 6.07) is 15.4. The number of halogens is 3. The molecule has 0 N–H and O–H groups in total. The van der Waals surface area contributed by atoms with E-state index in [1.807, 2.05) is 0 Å². The van der Waals surface area contributed by atoms with E-state index < -0.39 is 17.6 Å². The Morgan fingerprint density at radius 2 is 1.86 bits per heavy atom. The van der Waals surface area contributed by atoms with E-state index in [0.29, 0.717) is 5.56 Å². The van der Waals surface area contributed by atoms with Crippen molar-refractivity contribution >= 4 is 45.4 Å². The minimum Gasteiger partial charge on any atom is -0.452 e. The molecule has 7 heteroatoms. The Labute approximate surface area is 178 Å². The van der Waals surface area contributed by atoms with Gasteiger partial charge in [-0.15, -0.1) is 0 Å². The summed E-state index contributed by atoms with van der Waals surface area (Å²) < 4.78 is 25.7. The van der Waals surface area contributed by atoms with Crippen molar-refractivity contribution < 1.29 is 23.5 Å². The fourth-order valence-corrected chi connectivity index (χ4v) is 3.24. The van der Waals surface area contributed by atoms with Gasteiger partial charge in [0, 0.05) is 16.1 Å². The van der Waals surface area contributed by atoms with Crippen LogP contribution in [0.1, 0.15) is 26.3 Å². The lowest BCUT2D eigenvalue weighted by atomic mass is 10.1. The van der Waals surface area contributed by atoms with Crippen molar-refractivity contribution in [1.82, 2.24) is 0 Å². The van der Waals surface area contributed by atoms with Crippen LogP contribution in [0, 0.1) is 5.82 Å². The summed E-state index contributed by atoms with van der Waals surface area (Å²) in [6.07, 6.45) is 1.26. The van der Waals surface area contributed by atoms with Gasteiger partial charge in [-0.3, -0.25) is 4.79 Å². The number of rotatable bonds is 3. The highest BCUT2D eigenvalue weighted by molar-refractivity contribution is 9.10. The Kier molecular flexibility index (Phi) is 5.22. The summed E-state index contributed by atoms with van der Waals surface area (Å²) in [4.78, 5) is 24.8. The number of hydrogen-bond acceptors (Lipinski definition) is 4. The number of esters is 1. The highest BCUT2D eigenvalue weighted by atomic mass is 79.9. The van der Waals surface area contributed by atoms with Gasteiger partial charge in [0.15, 0.2) is 5.76 Å². The summed E-state index contributed by atoms with van der Waals surface area (Å²) in [5.74, 6) is -1.16. The van der Waals surface area contributed by atoms with Gasteiger partial charge in [0.1, 0.15) is 17.3 Å². The van der Waals surface area contributed by atoms with Crippen molar-refractivity contribution in [2.24, 2.45) is 0 Å². The molecule has 0 saturated heterocycles. The van der Waals surface area contributed by atoms with Gasteiger partial charge < -0.3 is 9.47 Å². The van der Waals surface area contributed by atoms with E-state index in [9.17, 15) is 14.0 Å². The molecule has 0 aliphatic carbocycles. The molecule has 3 aromatic carbocycles. The molecular formula is C22H11BrClFO4. The molecule has 1 aliphatic heterocycles. The molecule has 0 saturated carbocycles. The molecule has 144 valence electrons. The number of ketones is 1. The Morgan fingerprint density at radius 3 is 2.59 bits per heavy atom. The van der Waals surface area contributed by atoms with Crippen molar-refractivity contribution in [2.75, 3.05) is 0 Å². The summed E-state index contributed by atoms with van der Waals surface area (Å²) in [5, 5.41) is 0.161. The first-order chi connectivity index (χ1) is 13.9. The second-order valence-electron chi connectivity index (χ2n) is 6.13. The molecule has 0 atom stereocenters. The number of allylic oxidation sites excluding steroid dienone is 1. The lowest BCUT2D eigenvalue weighted by molar-refractivity contribution is 0.0734. The van der Waals surface area contributed by atoms with Crippen LogP contribution >= 0.6 is 27.5 Å². The Balaban J connectivity index is 1.58. The van der Waals surface area contributed by atoms with E-state index in [2.05, 4.69) is 15.9 Å². The minimum absolute atomic E-state index is 0.0622. The Morgan fingerprint density at radius 1 is 1.10 bits per heavy atom. The third-order valence-corrected chi connectivity index (χ3v) is 5.07. The smallest absolute Gasteiger partial charge is 0.343 e. The van der Waals surface area contributed by atoms with Gasteiger partial charge in [0.05, 0.1) is 16.1 Å². The van der Waals surface area contributed by atoms with Crippen LogP contribution in [0.15, 0.2) is 70.9 Å². The van der Waals surface area contributed by atoms with Crippen LogP contribution in [0.25, 0.3) is 6.08 Å². The van der Waals surface area contributed by atoms with E-state index in [-0.39, 0.29) is 33.4 Å². The van der Waals surface area contributed by atoms with E-state index >= 15 is 0 Å². The average molecular weight is 474 g/mol. The van der Waals surface area contributed by atoms with Gasteiger partial charge >= 0.3 is 5.97 Å². The summed E-state index contributed by atoms with van der Waals surface area (Å²) in [7, 11) is 0. The first kappa shape index (κ1) is 19.4. The van der Waals surface area contributed by atoms with Crippen LogP contribution in [0.4, 0.5) is 4.39 Å². The summed E-state index contributed by atoms with van der Waals surface area (Å²) >= 11 is 9.31. The van der Waals surface area contributed by atoms with Crippen LogP contribution in [0.2, 0.25) is 5.02 Å². The van der Waals surface area contributed by atoms with Crippen molar-refractivity contribution in [3.05, 3.63) is 98.4 Å². The monoisotopic (exact) mass is 472 g/mol. The first-order valence-corrected chi connectivity index (χ1v) is 9.59. The fourth-order valence-electron chi connectivity index (χ4n) is 2.76. The molecule has 1 heterocycles. The van der Waals surface area contributed by atoms with E-state index in [1.54, 1.807) is 24.3 Å². The van der Waals surface area contributed by atoms with Crippen molar-refractivity contribution in [2.45, 2.75) is 0 Å². The number of carbonyl (C=O) groups is 2. The van der Waals surface area contributed by atoms with Crippen molar-refractivity contribution in [3.8, 4) is 11.5 Å². The molecule has 0 aromatic heterocycles. The van der Waals surface area contributed by atoms with Crippen LogP contribution in [-0.2, 0) is 0 Å². The number of Topliss-reactive ketones (excluding diaryl/α,β-unsaturated/α-hetero) is 1. The molecule has 0 fully saturated rings. The molecular weight excluding hydrogens is 463 g/mol. The van der Waals surface area contributed by atoms with Crippen molar-refractivity contribution in [3.63, 3.8) is 0 Å². The van der Waals surface area contributed by atoms with E-state index in [1.165, 1.54) is 42.5 Å². The Bertz CT molecular complexity index is 1150. The van der Waals surface area contributed by atoms with Crippen LogP contribution in [-0.4, -0.2) is 11.8 Å². The third-order valence-electron chi connectivity index (χ3n) is 4.21. The first-order valence-electron chi connectivity index (χ1n) is 8.42. The molecule has 0 bridgehead atoms. The number of fused-ring (bicyclic) bond motifs is 1. The summed E-state index contributed by atoms with van der Waals surface area (Å²) in [5.41, 5.74) is 0.722. The largest absolute Gasteiger partial charge is 0.452 e. The molecule has 1 aliphatic rings. The van der Waals surface area contributed by atoms with Gasteiger partial charge in [-0.2, -0.15) is 0 Å². The normalized spacial score (nSPS) is 13.9. The lowest BCUT2D eigenvalue weighted by Crippen LogP contribution is -2.08. The van der Waals surface area contributed by atoms with Gasteiger partial charge in [-0.05, 0) is 54.6 Å². The molecule has 29 heavy (non-hydrogen) atoms. The molecule has 4 nitrogen and oxygen atoms in total. The highest BCUT2D eigenvalue weighted by Gasteiger charge is 2.28. The van der Waals surface area contributed by atoms with Crippen LogP contribution < -0.4 is 9.47 Å².